The minimum atomic E-state index is -0.0927. The second-order valence-electron chi connectivity index (χ2n) is 11.2. The van der Waals surface area contributed by atoms with E-state index < -0.39 is 0 Å². The van der Waals surface area contributed by atoms with Crippen LogP contribution < -0.4 is 0 Å². The number of hydrogen-bond acceptors (Lipinski definition) is 2. The molecule has 190 valence electrons. The Morgan fingerprint density at radius 3 is 1.50 bits per heavy atom. The summed E-state index contributed by atoms with van der Waals surface area (Å²) < 4.78 is 2.20. The van der Waals surface area contributed by atoms with E-state index in [1.165, 1.54) is 44.5 Å². The Labute approximate surface area is 234 Å². The van der Waals surface area contributed by atoms with E-state index in [2.05, 4.69) is 123 Å². The molecule has 40 heavy (non-hydrogen) atoms. The molecular weight excluding hydrogens is 486 g/mol. The van der Waals surface area contributed by atoms with Crippen molar-refractivity contribution >= 4 is 21.8 Å². The standard InChI is InChI=1S/C37H27N3/c1-21-5-9-27-30(13-21)31-14-22(2)6-10-28(31)37(27)29-18-36(26(20-39)17-25(29)19-38)40-34-11-7-23(3)15-32(34)33-16-24(4)8-12-35(33)40/h5-18,37H,1-4H3. The van der Waals surface area contributed by atoms with Crippen LogP contribution in [-0.4, -0.2) is 4.57 Å². The molecule has 1 heterocycles. The Bertz CT molecular complexity index is 2020. The third-order valence-corrected chi connectivity index (χ3v) is 8.37. The maximum Gasteiger partial charge on any atom is 0.101 e. The summed E-state index contributed by atoms with van der Waals surface area (Å²) in [7, 11) is 0. The van der Waals surface area contributed by atoms with Crippen molar-refractivity contribution in [1.82, 2.24) is 4.57 Å². The number of aryl methyl sites for hydroxylation is 4. The number of nitriles is 2. The van der Waals surface area contributed by atoms with E-state index in [-0.39, 0.29) is 5.92 Å². The van der Waals surface area contributed by atoms with Gasteiger partial charge in [0, 0.05) is 16.7 Å². The van der Waals surface area contributed by atoms with Crippen LogP contribution in [0.1, 0.15) is 56.0 Å². The number of hydrogen-bond donors (Lipinski definition) is 0. The summed E-state index contributed by atoms with van der Waals surface area (Å²) in [6, 6.07) is 34.9. The summed E-state index contributed by atoms with van der Waals surface area (Å²) >= 11 is 0. The van der Waals surface area contributed by atoms with Crippen LogP contribution >= 0.6 is 0 Å². The monoisotopic (exact) mass is 513 g/mol. The molecule has 6 aromatic rings. The Balaban J connectivity index is 1.58. The van der Waals surface area contributed by atoms with Crippen LogP contribution in [0.2, 0.25) is 0 Å². The summed E-state index contributed by atoms with van der Waals surface area (Å²) in [5, 5.41) is 23.0. The van der Waals surface area contributed by atoms with Crippen molar-refractivity contribution in [2.75, 3.05) is 0 Å². The smallest absolute Gasteiger partial charge is 0.101 e. The van der Waals surface area contributed by atoms with E-state index in [0.29, 0.717) is 11.1 Å². The molecule has 0 fully saturated rings. The lowest BCUT2D eigenvalue weighted by Crippen LogP contribution is -2.07. The van der Waals surface area contributed by atoms with Crippen molar-refractivity contribution in [3.05, 3.63) is 135 Å². The molecule has 3 nitrogen and oxygen atoms in total. The predicted molar refractivity (Wildman–Crippen MR) is 162 cm³/mol. The topological polar surface area (TPSA) is 52.5 Å². The Morgan fingerprint density at radius 1 is 0.525 bits per heavy atom. The quantitative estimate of drug-likeness (QED) is 0.232. The van der Waals surface area contributed by atoms with Gasteiger partial charge in [0.1, 0.15) is 6.07 Å². The number of nitrogens with zero attached hydrogens (tertiary/aromatic N) is 3. The van der Waals surface area contributed by atoms with Gasteiger partial charge < -0.3 is 4.57 Å². The van der Waals surface area contributed by atoms with Gasteiger partial charge in [0.2, 0.25) is 0 Å². The molecule has 0 amide bonds. The highest BCUT2D eigenvalue weighted by Gasteiger charge is 2.32. The molecule has 3 heteroatoms. The first-order valence-corrected chi connectivity index (χ1v) is 13.6. The molecule has 0 bridgehead atoms. The molecule has 1 aliphatic carbocycles. The lowest BCUT2D eigenvalue weighted by atomic mass is 9.85. The second kappa shape index (κ2) is 8.70. The fourth-order valence-electron chi connectivity index (χ4n) is 6.54. The minimum absolute atomic E-state index is 0.0927. The minimum Gasteiger partial charge on any atom is -0.308 e. The van der Waals surface area contributed by atoms with Gasteiger partial charge >= 0.3 is 0 Å². The number of aromatic nitrogens is 1. The molecular formula is C37H27N3. The molecule has 0 N–H and O–H groups in total. The number of rotatable bonds is 2. The molecule has 5 aromatic carbocycles. The van der Waals surface area contributed by atoms with Crippen molar-refractivity contribution in [2.24, 2.45) is 0 Å². The van der Waals surface area contributed by atoms with Crippen LogP contribution in [0.4, 0.5) is 0 Å². The van der Waals surface area contributed by atoms with Gasteiger partial charge in [-0.25, -0.2) is 0 Å². The SMILES string of the molecule is Cc1ccc2c(c1)-c1cc(C)ccc1C2c1cc(-n2c3ccc(C)cc3c3cc(C)ccc32)c(C#N)cc1C#N. The van der Waals surface area contributed by atoms with Crippen molar-refractivity contribution in [3.8, 4) is 29.0 Å². The first-order chi connectivity index (χ1) is 19.4. The van der Waals surface area contributed by atoms with Crippen molar-refractivity contribution in [2.45, 2.75) is 33.6 Å². The van der Waals surface area contributed by atoms with Crippen LogP contribution in [0.3, 0.4) is 0 Å². The average Bonchev–Trinajstić information content (AvgIpc) is 3.43. The molecule has 0 aliphatic heterocycles. The lowest BCUT2D eigenvalue weighted by molar-refractivity contribution is 0.996. The maximum absolute atomic E-state index is 10.3. The summed E-state index contributed by atoms with van der Waals surface area (Å²) in [5.41, 5.74) is 14.5. The molecule has 0 radical (unpaired) electrons. The summed E-state index contributed by atoms with van der Waals surface area (Å²) in [5.74, 6) is -0.0927. The molecule has 0 saturated heterocycles. The van der Waals surface area contributed by atoms with Gasteiger partial charge in [0.15, 0.2) is 0 Å². The van der Waals surface area contributed by atoms with E-state index in [9.17, 15) is 10.5 Å². The molecule has 0 unspecified atom stereocenters. The van der Waals surface area contributed by atoms with E-state index in [4.69, 9.17) is 0 Å². The van der Waals surface area contributed by atoms with Crippen LogP contribution in [0.5, 0.6) is 0 Å². The highest BCUT2D eigenvalue weighted by atomic mass is 15.0. The molecule has 1 aromatic heterocycles. The third kappa shape index (κ3) is 3.42. The number of fused-ring (bicyclic) bond motifs is 6. The van der Waals surface area contributed by atoms with Crippen molar-refractivity contribution in [3.63, 3.8) is 0 Å². The summed E-state index contributed by atoms with van der Waals surface area (Å²) in [4.78, 5) is 0. The number of benzene rings is 5. The Kier molecular flexibility index (Phi) is 5.21. The highest BCUT2D eigenvalue weighted by molar-refractivity contribution is 6.10. The fourth-order valence-corrected chi connectivity index (χ4v) is 6.54. The summed E-state index contributed by atoms with van der Waals surface area (Å²) in [6.45, 7) is 8.46. The normalized spacial score (nSPS) is 12.3. The predicted octanol–water partition coefficient (Wildman–Crippen LogP) is 8.92. The van der Waals surface area contributed by atoms with Gasteiger partial charge in [-0.3, -0.25) is 0 Å². The van der Waals surface area contributed by atoms with Gasteiger partial charge in [0.25, 0.3) is 0 Å². The fraction of sp³-hybridized carbons (Fsp3) is 0.135. The van der Waals surface area contributed by atoms with Crippen LogP contribution in [0, 0.1) is 50.4 Å². The zero-order valence-electron chi connectivity index (χ0n) is 23.0. The van der Waals surface area contributed by atoms with Crippen LogP contribution in [0.25, 0.3) is 38.6 Å². The molecule has 7 rings (SSSR count). The van der Waals surface area contributed by atoms with E-state index >= 15 is 0 Å². The Morgan fingerprint density at radius 2 is 1.00 bits per heavy atom. The van der Waals surface area contributed by atoms with Gasteiger partial charge in [-0.1, -0.05) is 70.8 Å². The molecule has 0 atom stereocenters. The molecule has 0 saturated carbocycles. The van der Waals surface area contributed by atoms with Crippen LogP contribution in [0.15, 0.2) is 84.9 Å². The van der Waals surface area contributed by atoms with Gasteiger partial charge in [-0.15, -0.1) is 0 Å². The lowest BCUT2D eigenvalue weighted by Gasteiger charge is -2.19. The summed E-state index contributed by atoms with van der Waals surface area (Å²) in [6.07, 6.45) is 0. The first-order valence-electron chi connectivity index (χ1n) is 13.6. The van der Waals surface area contributed by atoms with Gasteiger partial charge in [-0.2, -0.15) is 10.5 Å². The molecule has 1 aliphatic rings. The van der Waals surface area contributed by atoms with Crippen molar-refractivity contribution < 1.29 is 0 Å². The zero-order valence-corrected chi connectivity index (χ0v) is 23.0. The van der Waals surface area contributed by atoms with Crippen molar-refractivity contribution in [1.29, 1.82) is 10.5 Å². The third-order valence-electron chi connectivity index (χ3n) is 8.37. The van der Waals surface area contributed by atoms with E-state index in [0.717, 1.165) is 33.1 Å². The first kappa shape index (κ1) is 24.0. The van der Waals surface area contributed by atoms with Gasteiger partial charge in [0.05, 0.1) is 33.9 Å². The second-order valence-corrected chi connectivity index (χ2v) is 11.2. The largest absolute Gasteiger partial charge is 0.308 e. The maximum atomic E-state index is 10.3. The van der Waals surface area contributed by atoms with Crippen LogP contribution in [-0.2, 0) is 0 Å². The van der Waals surface area contributed by atoms with E-state index in [1.54, 1.807) is 6.07 Å². The van der Waals surface area contributed by atoms with E-state index in [1.807, 2.05) is 0 Å². The molecule has 0 spiro atoms. The zero-order chi connectivity index (χ0) is 27.7. The average molecular weight is 514 g/mol. The van der Waals surface area contributed by atoms with Gasteiger partial charge in [-0.05, 0) is 91.9 Å². The highest BCUT2D eigenvalue weighted by Crippen LogP contribution is 2.50. The Hall–Kier alpha value is -5.12.